The molecule has 0 spiro atoms. The topological polar surface area (TPSA) is 38.2 Å². The fraction of sp³-hybridized carbons (Fsp3) is 0.444. The van der Waals surface area contributed by atoms with Crippen LogP contribution in [0.1, 0.15) is 17.1 Å². The third-order valence-electron chi connectivity index (χ3n) is 4.07. The van der Waals surface area contributed by atoms with Crippen LogP contribution in [-0.2, 0) is 17.7 Å². The Kier molecular flexibility index (Phi) is 5.60. The molecule has 2 aromatic rings. The maximum Gasteiger partial charge on any atom is 0.125 e. The minimum atomic E-state index is 0.458. The number of ether oxygens (including phenoxy) is 1. The molecular formula is C18H22ClN3O. The van der Waals surface area contributed by atoms with Crippen molar-refractivity contribution in [2.24, 2.45) is 5.92 Å². The van der Waals surface area contributed by atoms with Crippen LogP contribution in [0.5, 0.6) is 0 Å². The highest BCUT2D eigenvalue weighted by atomic mass is 35.5. The van der Waals surface area contributed by atoms with E-state index in [2.05, 4.69) is 27.0 Å². The summed E-state index contributed by atoms with van der Waals surface area (Å²) in [6, 6.07) is 10.1. The second-order valence-electron chi connectivity index (χ2n) is 6.10. The summed E-state index contributed by atoms with van der Waals surface area (Å²) < 4.78 is 5.79. The van der Waals surface area contributed by atoms with Crippen LogP contribution in [0.3, 0.4) is 0 Å². The molecule has 0 aliphatic carbocycles. The van der Waals surface area contributed by atoms with Gasteiger partial charge in [0.2, 0.25) is 0 Å². The van der Waals surface area contributed by atoms with Crippen molar-refractivity contribution >= 4 is 11.6 Å². The van der Waals surface area contributed by atoms with Crippen LogP contribution >= 0.6 is 11.6 Å². The van der Waals surface area contributed by atoms with E-state index < -0.39 is 0 Å². The van der Waals surface area contributed by atoms with E-state index in [1.54, 1.807) is 0 Å². The number of hydrogen-bond donors (Lipinski definition) is 0. The van der Waals surface area contributed by atoms with Crippen molar-refractivity contribution in [3.63, 3.8) is 0 Å². The van der Waals surface area contributed by atoms with Gasteiger partial charge in [0.25, 0.3) is 0 Å². The summed E-state index contributed by atoms with van der Waals surface area (Å²) in [5, 5.41) is 0.782. The maximum absolute atomic E-state index is 5.96. The minimum Gasteiger partial charge on any atom is -0.380 e. The molecule has 4 nitrogen and oxygen atoms in total. The van der Waals surface area contributed by atoms with Gasteiger partial charge in [-0.1, -0.05) is 23.7 Å². The minimum absolute atomic E-state index is 0.458. The molecule has 0 saturated carbocycles. The van der Waals surface area contributed by atoms with Gasteiger partial charge in [-0.3, -0.25) is 4.90 Å². The Labute approximate surface area is 142 Å². The van der Waals surface area contributed by atoms with Gasteiger partial charge in [-0.2, -0.15) is 0 Å². The van der Waals surface area contributed by atoms with E-state index >= 15 is 0 Å². The summed E-state index contributed by atoms with van der Waals surface area (Å²) in [5.74, 6) is 1.29. The van der Waals surface area contributed by atoms with Crippen LogP contribution in [0.25, 0.3) is 0 Å². The van der Waals surface area contributed by atoms with Crippen molar-refractivity contribution < 1.29 is 4.74 Å². The van der Waals surface area contributed by atoms with E-state index in [1.807, 2.05) is 31.3 Å². The zero-order valence-electron chi connectivity index (χ0n) is 13.4. The Morgan fingerprint density at radius 2 is 2.09 bits per heavy atom. The van der Waals surface area contributed by atoms with Crippen LogP contribution in [0.15, 0.2) is 36.5 Å². The Balaban J connectivity index is 1.62. The molecule has 1 atom stereocenters. The average Bonchev–Trinajstić information content (AvgIpc) is 2.75. The van der Waals surface area contributed by atoms with Crippen molar-refractivity contribution in [1.29, 1.82) is 0 Å². The maximum atomic E-state index is 5.96. The van der Waals surface area contributed by atoms with E-state index in [9.17, 15) is 0 Å². The van der Waals surface area contributed by atoms with Crippen LogP contribution in [0.2, 0.25) is 5.02 Å². The monoisotopic (exact) mass is 331 g/mol. The molecule has 1 aliphatic rings. The highest BCUT2D eigenvalue weighted by molar-refractivity contribution is 6.30. The Hall–Kier alpha value is -1.49. The van der Waals surface area contributed by atoms with Gasteiger partial charge in [0.05, 0.1) is 13.2 Å². The fourth-order valence-electron chi connectivity index (χ4n) is 2.98. The molecule has 1 aromatic heterocycles. The van der Waals surface area contributed by atoms with E-state index in [1.165, 1.54) is 5.56 Å². The third-order valence-corrected chi connectivity index (χ3v) is 4.32. The van der Waals surface area contributed by atoms with Crippen LogP contribution in [0, 0.1) is 12.8 Å². The van der Waals surface area contributed by atoms with E-state index in [4.69, 9.17) is 16.3 Å². The molecule has 1 aliphatic heterocycles. The molecule has 1 saturated heterocycles. The number of aromatic nitrogens is 2. The lowest BCUT2D eigenvalue weighted by Crippen LogP contribution is -2.30. The van der Waals surface area contributed by atoms with Crippen molar-refractivity contribution in [3.05, 3.63) is 58.6 Å². The Morgan fingerprint density at radius 1 is 1.26 bits per heavy atom. The summed E-state index contributed by atoms with van der Waals surface area (Å²) in [4.78, 5) is 11.1. The lowest BCUT2D eigenvalue weighted by Gasteiger charge is -2.23. The third kappa shape index (κ3) is 4.99. The molecule has 1 fully saturated rings. The average molecular weight is 332 g/mol. The molecule has 0 bridgehead atoms. The number of hydrogen-bond acceptors (Lipinski definition) is 4. The molecule has 0 amide bonds. The van der Waals surface area contributed by atoms with Crippen LogP contribution in [-0.4, -0.2) is 41.2 Å². The zero-order valence-corrected chi connectivity index (χ0v) is 14.2. The number of rotatable bonds is 4. The first-order chi connectivity index (χ1) is 11.2. The molecule has 23 heavy (non-hydrogen) atoms. The van der Waals surface area contributed by atoms with Crippen molar-refractivity contribution in [2.75, 3.05) is 26.3 Å². The first kappa shape index (κ1) is 16.4. The number of benzene rings is 1. The Bertz CT molecular complexity index is 632. The van der Waals surface area contributed by atoms with Crippen molar-refractivity contribution in [2.45, 2.75) is 19.9 Å². The van der Waals surface area contributed by atoms with Gasteiger partial charge in [0, 0.05) is 42.5 Å². The molecular weight excluding hydrogens is 310 g/mol. The summed E-state index contributed by atoms with van der Waals surface area (Å²) in [6.07, 6.45) is 2.77. The van der Waals surface area contributed by atoms with E-state index in [0.717, 1.165) is 55.8 Å². The lowest BCUT2D eigenvalue weighted by molar-refractivity contribution is 0.121. The predicted molar refractivity (Wildman–Crippen MR) is 91.5 cm³/mol. The molecule has 0 N–H and O–H groups in total. The van der Waals surface area contributed by atoms with Crippen LogP contribution in [0.4, 0.5) is 0 Å². The van der Waals surface area contributed by atoms with Crippen molar-refractivity contribution in [3.8, 4) is 0 Å². The molecule has 5 heteroatoms. The van der Waals surface area contributed by atoms with E-state index in [0.29, 0.717) is 5.92 Å². The predicted octanol–water partition coefficient (Wildman–Crippen LogP) is 3.13. The van der Waals surface area contributed by atoms with Gasteiger partial charge in [-0.25, -0.2) is 9.97 Å². The van der Waals surface area contributed by atoms with Gasteiger partial charge in [0.15, 0.2) is 0 Å². The summed E-state index contributed by atoms with van der Waals surface area (Å²) >= 11 is 5.96. The summed E-state index contributed by atoms with van der Waals surface area (Å²) in [7, 11) is 0. The standard InChI is InChI=1S/C18H22ClN3O/c1-14-20-7-6-18(21-14)10-16-12-22(8-9-23-13-16)11-15-2-4-17(19)5-3-15/h2-7,16H,8-13H2,1H3/t16-/m0/s1. The van der Waals surface area contributed by atoms with Gasteiger partial charge in [-0.05, 0) is 37.1 Å². The summed E-state index contributed by atoms with van der Waals surface area (Å²) in [6.45, 7) is 6.42. The zero-order chi connectivity index (χ0) is 16.1. The number of nitrogens with zero attached hydrogens (tertiary/aromatic N) is 3. The smallest absolute Gasteiger partial charge is 0.125 e. The van der Waals surface area contributed by atoms with Gasteiger partial charge < -0.3 is 4.74 Å². The molecule has 0 unspecified atom stereocenters. The van der Waals surface area contributed by atoms with Gasteiger partial charge in [-0.15, -0.1) is 0 Å². The normalized spacial score (nSPS) is 19.5. The molecule has 0 radical (unpaired) electrons. The second kappa shape index (κ2) is 7.86. The highest BCUT2D eigenvalue weighted by Gasteiger charge is 2.19. The van der Waals surface area contributed by atoms with Crippen LogP contribution < -0.4 is 0 Å². The Morgan fingerprint density at radius 3 is 2.87 bits per heavy atom. The lowest BCUT2D eigenvalue weighted by atomic mass is 10.0. The molecule has 3 rings (SSSR count). The molecule has 2 heterocycles. The fourth-order valence-corrected chi connectivity index (χ4v) is 3.11. The molecule has 122 valence electrons. The van der Waals surface area contributed by atoms with Gasteiger partial charge in [0.1, 0.15) is 5.82 Å². The van der Waals surface area contributed by atoms with E-state index in [-0.39, 0.29) is 0 Å². The second-order valence-corrected chi connectivity index (χ2v) is 6.54. The SMILES string of the molecule is Cc1nccc(C[C@@H]2COCCN(Cc3ccc(Cl)cc3)C2)n1. The first-order valence-corrected chi connectivity index (χ1v) is 8.40. The molecule has 1 aromatic carbocycles. The van der Waals surface area contributed by atoms with Gasteiger partial charge >= 0.3 is 0 Å². The quantitative estimate of drug-likeness (QED) is 0.862. The van der Waals surface area contributed by atoms with Crippen molar-refractivity contribution in [1.82, 2.24) is 14.9 Å². The largest absolute Gasteiger partial charge is 0.380 e. The first-order valence-electron chi connectivity index (χ1n) is 8.02. The number of aryl methyl sites for hydroxylation is 1. The summed E-state index contributed by atoms with van der Waals surface area (Å²) in [5.41, 5.74) is 2.38. The highest BCUT2D eigenvalue weighted by Crippen LogP contribution is 2.16. The number of halogens is 1.